The molecule has 33 heavy (non-hydrogen) atoms. The Morgan fingerprint density at radius 2 is 1.88 bits per heavy atom. The zero-order chi connectivity index (χ0) is 23.8. The smallest absolute Gasteiger partial charge is 0.416 e. The van der Waals surface area contributed by atoms with Gasteiger partial charge in [0.05, 0.1) is 24.1 Å². The number of carbonyl (C=O) groups is 1. The lowest BCUT2D eigenvalue weighted by Gasteiger charge is -2.17. The van der Waals surface area contributed by atoms with Crippen LogP contribution in [0.5, 0.6) is 17.2 Å². The van der Waals surface area contributed by atoms with Crippen LogP contribution in [0.15, 0.2) is 53.3 Å². The first kappa shape index (κ1) is 22.2. The van der Waals surface area contributed by atoms with E-state index in [1.165, 1.54) is 26.2 Å². The molecule has 0 radical (unpaired) electrons. The number of anilines is 1. The fourth-order valence-electron chi connectivity index (χ4n) is 3.24. The molecule has 4 rings (SSSR count). The van der Waals surface area contributed by atoms with Crippen molar-refractivity contribution in [2.45, 2.75) is 19.1 Å². The first-order valence-corrected chi connectivity index (χ1v) is 9.73. The molecule has 1 atom stereocenters. The van der Waals surface area contributed by atoms with Crippen molar-refractivity contribution >= 4 is 11.6 Å². The third kappa shape index (κ3) is 4.47. The van der Waals surface area contributed by atoms with E-state index in [1.807, 2.05) is 0 Å². The highest BCUT2D eigenvalue weighted by Crippen LogP contribution is 2.36. The molecule has 0 saturated heterocycles. The fourth-order valence-corrected chi connectivity index (χ4v) is 3.24. The van der Waals surface area contributed by atoms with Crippen molar-refractivity contribution in [3.63, 3.8) is 0 Å². The molecule has 1 unspecified atom stereocenters. The lowest BCUT2D eigenvalue weighted by molar-refractivity contribution is -0.137. The monoisotopic (exact) mass is 461 g/mol. The molecule has 1 aliphatic rings. The first-order chi connectivity index (χ1) is 15.7. The van der Waals surface area contributed by atoms with E-state index in [2.05, 4.69) is 10.4 Å². The predicted octanol–water partition coefficient (Wildman–Crippen LogP) is 3.87. The lowest BCUT2D eigenvalue weighted by atomic mass is 10.1. The topological polar surface area (TPSA) is 91.7 Å². The number of nitrogens with zero attached hydrogens (tertiary/aromatic N) is 2. The molecule has 1 aromatic heterocycles. The van der Waals surface area contributed by atoms with Gasteiger partial charge in [-0.3, -0.25) is 9.59 Å². The molecular weight excluding hydrogens is 443 g/mol. The van der Waals surface area contributed by atoms with Crippen LogP contribution in [0.4, 0.5) is 18.9 Å². The van der Waals surface area contributed by atoms with Gasteiger partial charge < -0.3 is 19.5 Å². The standard InChI is InChI=1S/C22H18F3N3O5/c1-12(21(30)26-16-10-14(22(23,24)25)4-7-17(16)31-2)28-20(29)8-5-15(27-28)13-3-6-18-19(9-13)33-11-32-18/h3-10,12H,11H2,1-2H3,(H,26,30). The Morgan fingerprint density at radius 3 is 2.61 bits per heavy atom. The van der Waals surface area contributed by atoms with Gasteiger partial charge >= 0.3 is 6.18 Å². The fraction of sp³-hybridized carbons (Fsp3) is 0.227. The number of halogens is 3. The van der Waals surface area contributed by atoms with Gasteiger partial charge in [-0.15, -0.1) is 0 Å². The number of amides is 1. The van der Waals surface area contributed by atoms with E-state index >= 15 is 0 Å². The highest BCUT2D eigenvalue weighted by molar-refractivity contribution is 5.95. The van der Waals surface area contributed by atoms with E-state index in [9.17, 15) is 22.8 Å². The number of benzene rings is 2. The van der Waals surface area contributed by atoms with Crippen molar-refractivity contribution in [2.75, 3.05) is 19.2 Å². The molecule has 0 saturated carbocycles. The van der Waals surface area contributed by atoms with Gasteiger partial charge in [-0.2, -0.15) is 18.3 Å². The molecule has 2 aromatic carbocycles. The largest absolute Gasteiger partial charge is 0.495 e. The van der Waals surface area contributed by atoms with Gasteiger partial charge in [0.25, 0.3) is 5.56 Å². The molecule has 0 bridgehead atoms. The molecular formula is C22H18F3N3O5. The van der Waals surface area contributed by atoms with Crippen molar-refractivity contribution < 1.29 is 32.2 Å². The van der Waals surface area contributed by atoms with E-state index in [4.69, 9.17) is 14.2 Å². The third-order valence-corrected chi connectivity index (χ3v) is 5.02. The van der Waals surface area contributed by atoms with E-state index in [0.29, 0.717) is 22.8 Å². The number of aromatic nitrogens is 2. The average Bonchev–Trinajstić information content (AvgIpc) is 3.26. The maximum Gasteiger partial charge on any atom is 0.416 e. The Bertz CT molecular complexity index is 1270. The summed E-state index contributed by atoms with van der Waals surface area (Å²) in [6, 6.07) is 9.45. The molecule has 1 N–H and O–H groups in total. The van der Waals surface area contributed by atoms with Crippen LogP contribution in [0.1, 0.15) is 18.5 Å². The summed E-state index contributed by atoms with van der Waals surface area (Å²) in [5, 5.41) is 6.66. The van der Waals surface area contributed by atoms with Gasteiger partial charge in [0.2, 0.25) is 12.7 Å². The Balaban J connectivity index is 1.62. The normalized spacial score (nSPS) is 13.5. The summed E-state index contributed by atoms with van der Waals surface area (Å²) in [6.07, 6.45) is -4.60. The van der Waals surface area contributed by atoms with Crippen molar-refractivity contribution in [3.8, 4) is 28.5 Å². The average molecular weight is 461 g/mol. The van der Waals surface area contributed by atoms with Crippen LogP contribution < -0.4 is 25.1 Å². The molecule has 172 valence electrons. The second-order valence-electron chi connectivity index (χ2n) is 7.15. The number of hydrogen-bond acceptors (Lipinski definition) is 6. The van der Waals surface area contributed by atoms with Crippen LogP contribution in [-0.2, 0) is 11.0 Å². The van der Waals surface area contributed by atoms with Crippen LogP contribution in [-0.4, -0.2) is 29.6 Å². The minimum atomic E-state index is -4.60. The minimum Gasteiger partial charge on any atom is -0.495 e. The second-order valence-corrected chi connectivity index (χ2v) is 7.15. The quantitative estimate of drug-likeness (QED) is 0.621. The maximum atomic E-state index is 13.1. The lowest BCUT2D eigenvalue weighted by Crippen LogP contribution is -2.33. The van der Waals surface area contributed by atoms with Gasteiger partial charge in [-0.1, -0.05) is 0 Å². The summed E-state index contributed by atoms with van der Waals surface area (Å²) in [4.78, 5) is 25.2. The van der Waals surface area contributed by atoms with Crippen LogP contribution in [0, 0.1) is 0 Å². The minimum absolute atomic E-state index is 0.0398. The molecule has 1 aliphatic heterocycles. The number of ether oxygens (including phenoxy) is 3. The van der Waals surface area contributed by atoms with Crippen LogP contribution in [0.25, 0.3) is 11.3 Å². The Hall–Kier alpha value is -4.02. The number of methoxy groups -OCH3 is 1. The molecule has 8 nitrogen and oxygen atoms in total. The van der Waals surface area contributed by atoms with E-state index in [0.717, 1.165) is 22.9 Å². The highest BCUT2D eigenvalue weighted by atomic mass is 19.4. The van der Waals surface area contributed by atoms with Crippen molar-refractivity contribution in [1.82, 2.24) is 9.78 Å². The first-order valence-electron chi connectivity index (χ1n) is 9.73. The summed E-state index contributed by atoms with van der Waals surface area (Å²) in [6.45, 7) is 1.51. The van der Waals surface area contributed by atoms with Gasteiger partial charge in [-0.25, -0.2) is 4.68 Å². The Kier molecular flexibility index (Phi) is 5.71. The summed E-state index contributed by atoms with van der Waals surface area (Å²) in [5.74, 6) is 0.396. The predicted molar refractivity (Wildman–Crippen MR) is 111 cm³/mol. The van der Waals surface area contributed by atoms with E-state index < -0.39 is 29.2 Å². The van der Waals surface area contributed by atoms with Crippen molar-refractivity contribution in [3.05, 3.63) is 64.4 Å². The summed E-state index contributed by atoms with van der Waals surface area (Å²) >= 11 is 0. The zero-order valence-electron chi connectivity index (χ0n) is 17.5. The number of hydrogen-bond donors (Lipinski definition) is 1. The van der Waals surface area contributed by atoms with Crippen LogP contribution in [0.3, 0.4) is 0 Å². The number of nitrogens with one attached hydrogen (secondary N) is 1. The summed E-state index contributed by atoms with van der Waals surface area (Å²) in [7, 11) is 1.27. The zero-order valence-corrected chi connectivity index (χ0v) is 17.5. The molecule has 0 fully saturated rings. The third-order valence-electron chi connectivity index (χ3n) is 5.02. The molecule has 1 amide bonds. The SMILES string of the molecule is COc1ccc(C(F)(F)F)cc1NC(=O)C(C)n1nc(-c2ccc3c(c2)OCO3)ccc1=O. The maximum absolute atomic E-state index is 13.1. The van der Waals surface area contributed by atoms with Crippen molar-refractivity contribution in [1.29, 1.82) is 0 Å². The second kappa shape index (κ2) is 8.49. The summed E-state index contributed by atoms with van der Waals surface area (Å²) < 4.78 is 55.9. The Labute approximate surface area is 185 Å². The van der Waals surface area contributed by atoms with E-state index in [1.54, 1.807) is 18.2 Å². The van der Waals surface area contributed by atoms with Crippen LogP contribution >= 0.6 is 0 Å². The summed E-state index contributed by atoms with van der Waals surface area (Å²) in [5.41, 5.74) is -0.669. The highest BCUT2D eigenvalue weighted by Gasteiger charge is 2.31. The molecule has 0 aliphatic carbocycles. The van der Waals surface area contributed by atoms with Crippen LogP contribution in [0.2, 0.25) is 0 Å². The number of alkyl halides is 3. The van der Waals surface area contributed by atoms with Gasteiger partial charge in [0.1, 0.15) is 11.8 Å². The molecule has 0 spiro atoms. The molecule has 3 aromatic rings. The van der Waals surface area contributed by atoms with E-state index in [-0.39, 0.29) is 18.2 Å². The number of rotatable bonds is 5. The van der Waals surface area contributed by atoms with Crippen molar-refractivity contribution in [2.24, 2.45) is 0 Å². The van der Waals surface area contributed by atoms with Gasteiger partial charge in [-0.05, 0) is 49.4 Å². The molecule has 2 heterocycles. The Morgan fingerprint density at radius 1 is 1.12 bits per heavy atom. The number of carbonyl (C=O) groups excluding carboxylic acids is 1. The van der Waals surface area contributed by atoms with Gasteiger partial charge in [0.15, 0.2) is 11.5 Å². The molecule has 11 heteroatoms. The van der Waals surface area contributed by atoms with Gasteiger partial charge in [0, 0.05) is 11.6 Å². The number of fused-ring (bicyclic) bond motifs is 1.